The Labute approximate surface area is 173 Å². The van der Waals surface area contributed by atoms with Crippen molar-refractivity contribution in [2.45, 2.75) is 44.6 Å². The molecule has 0 aliphatic heterocycles. The van der Waals surface area contributed by atoms with Gasteiger partial charge in [-0.3, -0.25) is 9.20 Å². The van der Waals surface area contributed by atoms with Gasteiger partial charge in [-0.1, -0.05) is 35.5 Å². The van der Waals surface area contributed by atoms with Crippen LogP contribution in [-0.2, 0) is 17.8 Å². The Balaban J connectivity index is 1.22. The topological polar surface area (TPSA) is 98.2 Å². The van der Waals surface area contributed by atoms with Crippen LogP contribution in [0, 0.1) is 0 Å². The van der Waals surface area contributed by atoms with Crippen LogP contribution in [-0.4, -0.2) is 30.6 Å². The third kappa shape index (κ3) is 3.94. The molecule has 1 aliphatic rings. The molecule has 0 radical (unpaired) electrons. The summed E-state index contributed by atoms with van der Waals surface area (Å²) in [6.07, 6.45) is 6.27. The van der Waals surface area contributed by atoms with Crippen molar-refractivity contribution in [3.8, 4) is 11.5 Å². The van der Waals surface area contributed by atoms with Crippen molar-refractivity contribution >= 4 is 11.6 Å². The molecule has 4 aromatic rings. The van der Waals surface area contributed by atoms with Crippen LogP contribution in [0.5, 0.6) is 0 Å². The van der Waals surface area contributed by atoms with E-state index < -0.39 is 0 Å². The second-order valence-corrected chi connectivity index (χ2v) is 7.58. The van der Waals surface area contributed by atoms with Gasteiger partial charge in [0.2, 0.25) is 5.91 Å². The maximum Gasteiger partial charge on any atom is 0.261 e. The number of hydrogen-bond acceptors (Lipinski definition) is 6. The number of benzene rings is 1. The summed E-state index contributed by atoms with van der Waals surface area (Å²) in [5.41, 5.74) is 2.62. The zero-order valence-electron chi connectivity index (χ0n) is 16.5. The zero-order chi connectivity index (χ0) is 20.3. The number of nitrogens with one attached hydrogen (secondary N) is 1. The molecule has 1 aliphatic carbocycles. The molecular formula is C22H22N6O2. The van der Waals surface area contributed by atoms with Gasteiger partial charge < -0.3 is 9.84 Å². The summed E-state index contributed by atoms with van der Waals surface area (Å²) in [5.74, 6) is 2.30. The van der Waals surface area contributed by atoms with Crippen molar-refractivity contribution in [2.24, 2.45) is 0 Å². The average molecular weight is 402 g/mol. The largest absolute Gasteiger partial charge is 0.349 e. The van der Waals surface area contributed by atoms with E-state index in [4.69, 9.17) is 4.52 Å². The highest BCUT2D eigenvalue weighted by molar-refractivity contribution is 5.76. The molecule has 3 heterocycles. The Morgan fingerprint density at radius 2 is 2.00 bits per heavy atom. The number of carbonyl (C=O) groups excluding carboxylic acids is 1. The fraction of sp³-hybridized carbons (Fsp3) is 0.318. The molecule has 5 rings (SSSR count). The molecule has 0 atom stereocenters. The highest BCUT2D eigenvalue weighted by Gasteiger charge is 2.29. The van der Waals surface area contributed by atoms with Gasteiger partial charge in [-0.25, -0.2) is 0 Å². The van der Waals surface area contributed by atoms with E-state index in [1.165, 1.54) is 5.56 Å². The smallest absolute Gasteiger partial charge is 0.261 e. The predicted octanol–water partition coefficient (Wildman–Crippen LogP) is 3.30. The molecule has 1 amide bonds. The summed E-state index contributed by atoms with van der Waals surface area (Å²) in [6, 6.07) is 14.0. The lowest BCUT2D eigenvalue weighted by molar-refractivity contribution is -0.121. The number of hydrogen-bond donors (Lipinski definition) is 1. The Morgan fingerprint density at radius 1 is 1.13 bits per heavy atom. The fourth-order valence-corrected chi connectivity index (χ4v) is 3.47. The minimum Gasteiger partial charge on any atom is -0.349 e. The van der Waals surface area contributed by atoms with Gasteiger partial charge in [0.15, 0.2) is 17.3 Å². The third-order valence-electron chi connectivity index (χ3n) is 5.28. The molecule has 1 N–H and O–H groups in total. The number of amides is 1. The Bertz CT molecular complexity index is 1160. The van der Waals surface area contributed by atoms with Gasteiger partial charge in [-0.15, -0.1) is 10.2 Å². The number of fused-ring (bicyclic) bond motifs is 1. The molecule has 1 saturated carbocycles. The van der Waals surface area contributed by atoms with E-state index in [1.54, 1.807) is 0 Å². The molecule has 3 aromatic heterocycles. The lowest BCUT2D eigenvalue weighted by atomic mass is 10.1. The van der Waals surface area contributed by atoms with E-state index in [1.807, 2.05) is 40.9 Å². The first kappa shape index (κ1) is 18.5. The SMILES string of the molecule is O=C(CCCc1ccccc1)NCc1nnc2c(-c3nc(C4CC4)no3)cccn12. The number of pyridine rings is 1. The first-order valence-corrected chi connectivity index (χ1v) is 10.2. The van der Waals surface area contributed by atoms with Crippen LogP contribution in [0.4, 0.5) is 0 Å². The molecule has 1 aromatic carbocycles. The van der Waals surface area contributed by atoms with Crippen LogP contribution >= 0.6 is 0 Å². The molecule has 152 valence electrons. The molecule has 8 nitrogen and oxygen atoms in total. The molecule has 0 bridgehead atoms. The van der Waals surface area contributed by atoms with E-state index in [0.717, 1.165) is 37.1 Å². The van der Waals surface area contributed by atoms with Crippen molar-refractivity contribution in [2.75, 3.05) is 0 Å². The van der Waals surface area contributed by atoms with Gasteiger partial charge in [-0.05, 0) is 43.4 Å². The molecule has 1 fully saturated rings. The Hall–Kier alpha value is -3.55. The summed E-state index contributed by atoms with van der Waals surface area (Å²) in [7, 11) is 0. The molecule has 8 heteroatoms. The van der Waals surface area contributed by atoms with Crippen molar-refractivity contribution in [3.05, 3.63) is 65.9 Å². The minimum absolute atomic E-state index is 0.00446. The fourth-order valence-electron chi connectivity index (χ4n) is 3.47. The van der Waals surface area contributed by atoms with E-state index in [2.05, 4.69) is 37.8 Å². The van der Waals surface area contributed by atoms with Crippen LogP contribution in [0.1, 0.15) is 48.8 Å². The molecule has 0 spiro atoms. The second-order valence-electron chi connectivity index (χ2n) is 7.58. The summed E-state index contributed by atoms with van der Waals surface area (Å²) >= 11 is 0. The van der Waals surface area contributed by atoms with Gasteiger partial charge in [0, 0.05) is 18.5 Å². The van der Waals surface area contributed by atoms with Crippen molar-refractivity contribution < 1.29 is 9.32 Å². The molecular weight excluding hydrogens is 380 g/mol. The molecule has 30 heavy (non-hydrogen) atoms. The molecule has 0 saturated heterocycles. The first-order valence-electron chi connectivity index (χ1n) is 10.2. The summed E-state index contributed by atoms with van der Waals surface area (Å²) in [5, 5.41) is 15.5. The van der Waals surface area contributed by atoms with E-state index in [9.17, 15) is 4.79 Å². The van der Waals surface area contributed by atoms with Gasteiger partial charge in [-0.2, -0.15) is 4.98 Å². The van der Waals surface area contributed by atoms with Crippen LogP contribution in [0.3, 0.4) is 0 Å². The van der Waals surface area contributed by atoms with Crippen molar-refractivity contribution in [1.82, 2.24) is 30.1 Å². The minimum atomic E-state index is 0.00446. The number of rotatable bonds is 8. The first-order chi connectivity index (χ1) is 14.8. The van der Waals surface area contributed by atoms with Crippen molar-refractivity contribution in [1.29, 1.82) is 0 Å². The number of aryl methyl sites for hydroxylation is 1. The number of nitrogens with zero attached hydrogens (tertiary/aromatic N) is 5. The Morgan fingerprint density at radius 3 is 2.83 bits per heavy atom. The highest BCUT2D eigenvalue weighted by Crippen LogP contribution is 2.39. The standard InChI is InChI=1S/C22H22N6O2/c29-19(10-4-8-15-6-2-1-3-7-15)23-14-18-25-26-21-17(9-5-13-28(18)21)22-24-20(27-30-22)16-11-12-16/h1-3,5-7,9,13,16H,4,8,10-12,14H2,(H,23,29). The van der Waals surface area contributed by atoms with Gasteiger partial charge in [0.05, 0.1) is 12.1 Å². The van der Waals surface area contributed by atoms with Crippen LogP contribution in [0.2, 0.25) is 0 Å². The lowest BCUT2D eigenvalue weighted by Crippen LogP contribution is -2.23. The van der Waals surface area contributed by atoms with Gasteiger partial charge >= 0.3 is 0 Å². The maximum atomic E-state index is 12.2. The lowest BCUT2D eigenvalue weighted by Gasteiger charge is -2.05. The van der Waals surface area contributed by atoms with Crippen LogP contribution < -0.4 is 5.32 Å². The van der Waals surface area contributed by atoms with Crippen LogP contribution in [0.25, 0.3) is 17.1 Å². The molecule has 0 unspecified atom stereocenters. The number of carbonyl (C=O) groups is 1. The van der Waals surface area contributed by atoms with E-state index >= 15 is 0 Å². The van der Waals surface area contributed by atoms with Crippen LogP contribution in [0.15, 0.2) is 53.2 Å². The normalized spacial score (nSPS) is 13.6. The average Bonchev–Trinajstić information content (AvgIpc) is 3.36. The Kier molecular flexibility index (Phi) is 4.96. The van der Waals surface area contributed by atoms with Crippen molar-refractivity contribution in [3.63, 3.8) is 0 Å². The number of aromatic nitrogens is 5. The van der Waals surface area contributed by atoms with Gasteiger partial charge in [0.25, 0.3) is 5.89 Å². The maximum absolute atomic E-state index is 12.2. The summed E-state index contributed by atoms with van der Waals surface area (Å²) in [6.45, 7) is 0.311. The van der Waals surface area contributed by atoms with E-state index in [-0.39, 0.29) is 5.91 Å². The predicted molar refractivity (Wildman–Crippen MR) is 109 cm³/mol. The summed E-state index contributed by atoms with van der Waals surface area (Å²) in [4.78, 5) is 16.7. The third-order valence-corrected chi connectivity index (χ3v) is 5.28. The second kappa shape index (κ2) is 8.06. The van der Waals surface area contributed by atoms with Gasteiger partial charge in [0.1, 0.15) is 0 Å². The summed E-state index contributed by atoms with van der Waals surface area (Å²) < 4.78 is 7.28. The van der Waals surface area contributed by atoms with E-state index in [0.29, 0.717) is 36.2 Å². The quantitative estimate of drug-likeness (QED) is 0.486. The highest BCUT2D eigenvalue weighted by atomic mass is 16.5. The monoisotopic (exact) mass is 402 g/mol. The zero-order valence-corrected chi connectivity index (χ0v) is 16.5.